The van der Waals surface area contributed by atoms with Crippen LogP contribution in [0, 0.1) is 0 Å². The Kier molecular flexibility index (Phi) is 4.01. The molecule has 1 N–H and O–H groups in total. The van der Waals surface area contributed by atoms with Gasteiger partial charge in [-0.2, -0.15) is 0 Å². The molecule has 1 aromatic carbocycles. The molecule has 0 unspecified atom stereocenters. The Bertz CT molecular complexity index is 591. The summed E-state index contributed by atoms with van der Waals surface area (Å²) in [5.41, 5.74) is 1.22. The van der Waals surface area contributed by atoms with Gasteiger partial charge in [0.1, 0.15) is 12.1 Å². The molecular formula is C16H19N3O2. The van der Waals surface area contributed by atoms with Gasteiger partial charge in [-0.1, -0.05) is 30.3 Å². The van der Waals surface area contributed by atoms with Crippen LogP contribution in [0.25, 0.3) is 0 Å². The van der Waals surface area contributed by atoms with Gasteiger partial charge in [0.2, 0.25) is 5.88 Å². The van der Waals surface area contributed by atoms with Crippen LogP contribution in [0.15, 0.2) is 42.7 Å². The van der Waals surface area contributed by atoms with Crippen molar-refractivity contribution in [2.24, 2.45) is 0 Å². The second kappa shape index (κ2) is 6.10. The van der Waals surface area contributed by atoms with E-state index in [-0.39, 0.29) is 12.1 Å². The Balaban J connectivity index is 1.83. The van der Waals surface area contributed by atoms with Gasteiger partial charge in [-0.3, -0.25) is 0 Å². The summed E-state index contributed by atoms with van der Waals surface area (Å²) < 4.78 is 5.15. The number of benzene rings is 1. The average Bonchev–Trinajstić information content (AvgIpc) is 2.89. The van der Waals surface area contributed by atoms with E-state index in [9.17, 15) is 5.11 Å². The molecule has 21 heavy (non-hydrogen) atoms. The van der Waals surface area contributed by atoms with Gasteiger partial charge in [-0.05, 0) is 18.4 Å². The molecule has 1 aliphatic heterocycles. The van der Waals surface area contributed by atoms with Crippen LogP contribution >= 0.6 is 0 Å². The lowest BCUT2D eigenvalue weighted by Gasteiger charge is -2.27. The number of aliphatic hydroxyl groups is 1. The summed E-state index contributed by atoms with van der Waals surface area (Å²) in [5, 5.41) is 10.3. The number of aromatic nitrogens is 2. The normalized spacial score (nSPS) is 21.5. The van der Waals surface area contributed by atoms with Crippen LogP contribution in [0.5, 0.6) is 5.88 Å². The summed E-state index contributed by atoms with van der Waals surface area (Å²) in [6.07, 6.45) is 2.71. The highest BCUT2D eigenvalue weighted by Gasteiger charge is 2.33. The minimum atomic E-state index is -0.342. The van der Waals surface area contributed by atoms with Crippen LogP contribution in [0.3, 0.4) is 0 Å². The molecule has 0 saturated carbocycles. The largest absolute Gasteiger partial charge is 0.481 e. The van der Waals surface area contributed by atoms with Crippen molar-refractivity contribution >= 4 is 5.82 Å². The Morgan fingerprint density at radius 2 is 2.10 bits per heavy atom. The lowest BCUT2D eigenvalue weighted by molar-refractivity contribution is 0.164. The highest BCUT2D eigenvalue weighted by atomic mass is 16.5. The molecule has 0 bridgehead atoms. The molecule has 2 heterocycles. The Labute approximate surface area is 124 Å². The molecule has 1 aromatic heterocycles. The third kappa shape index (κ3) is 2.97. The summed E-state index contributed by atoms with van der Waals surface area (Å²) >= 11 is 0. The fourth-order valence-electron chi connectivity index (χ4n) is 2.82. The molecule has 2 atom stereocenters. The quantitative estimate of drug-likeness (QED) is 0.926. The van der Waals surface area contributed by atoms with Crippen molar-refractivity contribution in [3.63, 3.8) is 0 Å². The van der Waals surface area contributed by atoms with Gasteiger partial charge in [0.05, 0.1) is 19.3 Å². The van der Waals surface area contributed by atoms with Gasteiger partial charge in [0.25, 0.3) is 0 Å². The third-order valence-corrected chi connectivity index (χ3v) is 3.93. The van der Waals surface area contributed by atoms with E-state index in [1.807, 2.05) is 24.3 Å². The Hall–Kier alpha value is -2.14. The van der Waals surface area contributed by atoms with Crippen molar-refractivity contribution in [1.82, 2.24) is 9.97 Å². The lowest BCUT2D eigenvalue weighted by Crippen LogP contribution is -2.37. The van der Waals surface area contributed by atoms with Gasteiger partial charge >= 0.3 is 0 Å². The predicted octanol–water partition coefficient (Wildman–Crippen LogP) is 1.67. The van der Waals surface area contributed by atoms with Crippen LogP contribution in [0.2, 0.25) is 0 Å². The van der Waals surface area contributed by atoms with Crippen LogP contribution in [-0.4, -0.2) is 40.9 Å². The topological polar surface area (TPSA) is 58.5 Å². The maximum atomic E-state index is 10.3. The zero-order valence-electron chi connectivity index (χ0n) is 12.0. The average molecular weight is 285 g/mol. The molecular weight excluding hydrogens is 266 g/mol. The molecule has 2 aromatic rings. The van der Waals surface area contributed by atoms with E-state index >= 15 is 0 Å². The molecule has 1 aliphatic rings. The number of rotatable bonds is 4. The fourth-order valence-corrected chi connectivity index (χ4v) is 2.82. The van der Waals surface area contributed by atoms with Gasteiger partial charge in [0, 0.05) is 12.6 Å². The monoisotopic (exact) mass is 285 g/mol. The van der Waals surface area contributed by atoms with E-state index in [0.717, 1.165) is 25.2 Å². The number of hydrogen-bond acceptors (Lipinski definition) is 5. The smallest absolute Gasteiger partial charge is 0.218 e. The zero-order chi connectivity index (χ0) is 14.7. The molecule has 1 fully saturated rings. The third-order valence-electron chi connectivity index (χ3n) is 3.93. The van der Waals surface area contributed by atoms with E-state index < -0.39 is 0 Å². The highest BCUT2D eigenvalue weighted by Crippen LogP contribution is 2.27. The van der Waals surface area contributed by atoms with Crippen molar-refractivity contribution in [3.8, 4) is 5.88 Å². The first-order chi connectivity index (χ1) is 10.3. The standard InChI is InChI=1S/C16H19N3O2/c1-21-16-10-15(17-11-18-16)19-8-7-14(20)13(19)9-12-5-3-2-4-6-12/h2-6,10-11,13-14,20H,7-9H2,1H3/t13-,14+/m0/s1. The zero-order valence-corrected chi connectivity index (χ0v) is 12.0. The molecule has 5 nitrogen and oxygen atoms in total. The van der Waals surface area contributed by atoms with Crippen LogP contribution in [0.1, 0.15) is 12.0 Å². The van der Waals surface area contributed by atoms with Crippen LogP contribution in [-0.2, 0) is 6.42 Å². The first-order valence-corrected chi connectivity index (χ1v) is 7.12. The van der Waals surface area contributed by atoms with E-state index in [4.69, 9.17) is 4.74 Å². The number of nitrogens with zero attached hydrogens (tertiary/aromatic N) is 3. The van der Waals surface area contributed by atoms with E-state index in [1.165, 1.54) is 11.9 Å². The summed E-state index contributed by atoms with van der Waals surface area (Å²) in [6, 6.07) is 12.1. The molecule has 3 rings (SSSR count). The number of ether oxygens (including phenoxy) is 1. The lowest BCUT2D eigenvalue weighted by atomic mass is 10.0. The highest BCUT2D eigenvalue weighted by molar-refractivity contribution is 5.44. The van der Waals surface area contributed by atoms with Gasteiger partial charge in [-0.15, -0.1) is 0 Å². The number of aliphatic hydroxyl groups excluding tert-OH is 1. The minimum Gasteiger partial charge on any atom is -0.481 e. The van der Waals surface area contributed by atoms with Crippen molar-refractivity contribution in [1.29, 1.82) is 0 Å². The van der Waals surface area contributed by atoms with Gasteiger partial charge in [0.15, 0.2) is 0 Å². The van der Waals surface area contributed by atoms with Crippen LogP contribution < -0.4 is 9.64 Å². The molecule has 110 valence electrons. The first kappa shape index (κ1) is 13.8. The van der Waals surface area contributed by atoms with E-state index in [1.54, 1.807) is 7.11 Å². The number of anilines is 1. The maximum Gasteiger partial charge on any atom is 0.218 e. The van der Waals surface area contributed by atoms with Crippen LogP contribution in [0.4, 0.5) is 5.82 Å². The van der Waals surface area contributed by atoms with Gasteiger partial charge < -0.3 is 14.7 Å². The van der Waals surface area contributed by atoms with E-state index in [0.29, 0.717) is 5.88 Å². The summed E-state index contributed by atoms with van der Waals surface area (Å²) in [4.78, 5) is 10.5. The van der Waals surface area contributed by atoms with Crippen molar-refractivity contribution in [2.45, 2.75) is 25.0 Å². The van der Waals surface area contributed by atoms with Crippen molar-refractivity contribution in [2.75, 3.05) is 18.6 Å². The van der Waals surface area contributed by atoms with E-state index in [2.05, 4.69) is 27.0 Å². The summed E-state index contributed by atoms with van der Waals surface area (Å²) in [6.45, 7) is 0.791. The Morgan fingerprint density at radius 1 is 1.29 bits per heavy atom. The summed E-state index contributed by atoms with van der Waals surface area (Å²) in [5.74, 6) is 1.35. The molecule has 0 spiro atoms. The number of methoxy groups -OCH3 is 1. The predicted molar refractivity (Wildman–Crippen MR) is 80.5 cm³/mol. The molecule has 1 saturated heterocycles. The SMILES string of the molecule is COc1cc(N2CC[C@@H](O)[C@@H]2Cc2ccccc2)ncn1. The fraction of sp³-hybridized carbons (Fsp3) is 0.375. The first-order valence-electron chi connectivity index (χ1n) is 7.12. The van der Waals surface area contributed by atoms with Crippen molar-refractivity contribution < 1.29 is 9.84 Å². The molecule has 0 radical (unpaired) electrons. The second-order valence-electron chi connectivity index (χ2n) is 5.23. The van der Waals surface area contributed by atoms with Gasteiger partial charge in [-0.25, -0.2) is 9.97 Å². The maximum absolute atomic E-state index is 10.3. The molecule has 5 heteroatoms. The molecule has 0 aliphatic carbocycles. The van der Waals surface area contributed by atoms with Crippen molar-refractivity contribution in [3.05, 3.63) is 48.3 Å². The molecule has 0 amide bonds. The summed E-state index contributed by atoms with van der Waals surface area (Å²) in [7, 11) is 1.59. The Morgan fingerprint density at radius 3 is 2.86 bits per heavy atom. The minimum absolute atomic E-state index is 0.0343. The second-order valence-corrected chi connectivity index (χ2v) is 5.23. The number of hydrogen-bond donors (Lipinski definition) is 1.